The average molecular weight is 255 g/mol. The van der Waals surface area contributed by atoms with E-state index in [4.69, 9.17) is 4.74 Å². The molecule has 0 radical (unpaired) electrons. The maximum absolute atomic E-state index is 10.7. The summed E-state index contributed by atoms with van der Waals surface area (Å²) >= 11 is 3.36. The second kappa shape index (κ2) is 3.42. The number of hydrogen-bond donors (Lipinski definition) is 0. The van der Waals surface area contributed by atoms with Crippen LogP contribution in [0.5, 0.6) is 5.75 Å². The van der Waals surface area contributed by atoms with Gasteiger partial charge < -0.3 is 4.74 Å². The molecular weight excluding hydrogens is 248 g/mol. The lowest BCUT2D eigenvalue weighted by atomic mass is 10.3. The van der Waals surface area contributed by atoms with Gasteiger partial charge in [0.1, 0.15) is 5.75 Å². The van der Waals surface area contributed by atoms with Crippen molar-refractivity contribution in [3.8, 4) is 5.75 Å². The number of aldehydes is 1. The van der Waals surface area contributed by atoms with Gasteiger partial charge in [0, 0.05) is 4.47 Å². The molecule has 0 saturated carbocycles. The molecule has 0 N–H and O–H groups in total. The Morgan fingerprint density at radius 2 is 2.43 bits per heavy atom. The van der Waals surface area contributed by atoms with Crippen LogP contribution in [0.15, 0.2) is 22.9 Å². The van der Waals surface area contributed by atoms with Crippen LogP contribution in [0.4, 0.5) is 0 Å². The first-order valence-electron chi connectivity index (χ1n) is 3.92. The monoisotopic (exact) mass is 254 g/mol. The molecule has 0 aliphatic rings. The predicted molar refractivity (Wildman–Crippen MR) is 54.8 cm³/mol. The first-order chi connectivity index (χ1) is 6.76. The number of rotatable bonds is 2. The molecule has 0 fully saturated rings. The van der Waals surface area contributed by atoms with Gasteiger partial charge in [-0.1, -0.05) is 0 Å². The summed E-state index contributed by atoms with van der Waals surface area (Å²) in [7, 11) is 1.58. The molecule has 0 spiro atoms. The molecule has 0 atom stereocenters. The van der Waals surface area contributed by atoms with E-state index in [0.29, 0.717) is 11.3 Å². The number of pyridine rings is 1. The van der Waals surface area contributed by atoms with Crippen molar-refractivity contribution in [3.63, 3.8) is 0 Å². The van der Waals surface area contributed by atoms with Gasteiger partial charge in [0.25, 0.3) is 0 Å². The van der Waals surface area contributed by atoms with Crippen molar-refractivity contribution in [2.45, 2.75) is 0 Å². The van der Waals surface area contributed by atoms with Crippen molar-refractivity contribution in [2.75, 3.05) is 7.11 Å². The van der Waals surface area contributed by atoms with E-state index >= 15 is 0 Å². The largest absolute Gasteiger partial charge is 0.495 e. The Morgan fingerprint density at radius 3 is 3.07 bits per heavy atom. The first kappa shape index (κ1) is 9.21. The minimum absolute atomic E-state index is 0.555. The average Bonchev–Trinajstić information content (AvgIpc) is 2.61. The van der Waals surface area contributed by atoms with Crippen LogP contribution in [0.2, 0.25) is 0 Å². The summed E-state index contributed by atoms with van der Waals surface area (Å²) in [6.07, 6.45) is 4.01. The summed E-state index contributed by atoms with van der Waals surface area (Å²) in [5.74, 6) is 0.685. The second-order valence-corrected chi connectivity index (χ2v) is 3.59. The SMILES string of the molecule is COc1cc(Br)c2c(C=O)cnn2c1. The third kappa shape index (κ3) is 1.29. The van der Waals surface area contributed by atoms with Gasteiger partial charge in [0.05, 0.1) is 30.6 Å². The zero-order valence-corrected chi connectivity index (χ0v) is 8.98. The third-order valence-electron chi connectivity index (χ3n) is 1.93. The molecule has 5 heteroatoms. The number of ether oxygens (including phenoxy) is 1. The van der Waals surface area contributed by atoms with E-state index in [0.717, 1.165) is 16.3 Å². The van der Waals surface area contributed by atoms with Crippen molar-refractivity contribution >= 4 is 27.7 Å². The Labute approximate surface area is 88.6 Å². The minimum Gasteiger partial charge on any atom is -0.495 e. The highest BCUT2D eigenvalue weighted by Crippen LogP contribution is 2.25. The molecule has 0 aromatic carbocycles. The molecule has 0 saturated heterocycles. The van der Waals surface area contributed by atoms with E-state index in [1.165, 1.54) is 6.20 Å². The fourth-order valence-corrected chi connectivity index (χ4v) is 1.91. The number of methoxy groups -OCH3 is 1. The van der Waals surface area contributed by atoms with Crippen LogP contribution in [-0.2, 0) is 0 Å². The Morgan fingerprint density at radius 1 is 1.64 bits per heavy atom. The van der Waals surface area contributed by atoms with E-state index in [-0.39, 0.29) is 0 Å². The summed E-state index contributed by atoms with van der Waals surface area (Å²) in [5.41, 5.74) is 1.31. The van der Waals surface area contributed by atoms with Gasteiger partial charge in [0.15, 0.2) is 6.29 Å². The normalized spacial score (nSPS) is 10.4. The molecule has 72 valence electrons. The highest BCUT2D eigenvalue weighted by atomic mass is 79.9. The molecule has 0 unspecified atom stereocenters. The molecule has 0 aliphatic carbocycles. The summed E-state index contributed by atoms with van der Waals surface area (Å²) in [6, 6.07) is 1.80. The fraction of sp³-hybridized carbons (Fsp3) is 0.111. The molecule has 0 bridgehead atoms. The Bertz CT molecular complexity index is 493. The second-order valence-electron chi connectivity index (χ2n) is 2.74. The molecule has 2 rings (SSSR count). The maximum atomic E-state index is 10.7. The summed E-state index contributed by atoms with van der Waals surface area (Å²) in [4.78, 5) is 10.7. The molecular formula is C9H7BrN2O2. The van der Waals surface area contributed by atoms with E-state index in [2.05, 4.69) is 21.0 Å². The number of aromatic nitrogens is 2. The van der Waals surface area contributed by atoms with Crippen LogP contribution >= 0.6 is 15.9 Å². The number of carbonyl (C=O) groups is 1. The topological polar surface area (TPSA) is 43.6 Å². The summed E-state index contributed by atoms with van der Waals surface area (Å²) < 4.78 is 7.46. The zero-order chi connectivity index (χ0) is 10.1. The zero-order valence-electron chi connectivity index (χ0n) is 7.40. The Balaban J connectivity index is 2.78. The lowest BCUT2D eigenvalue weighted by molar-refractivity contribution is 0.112. The van der Waals surface area contributed by atoms with E-state index in [1.807, 2.05) is 0 Å². The first-order valence-corrected chi connectivity index (χ1v) is 4.71. The number of nitrogens with zero attached hydrogens (tertiary/aromatic N) is 2. The number of halogens is 1. The van der Waals surface area contributed by atoms with Crippen molar-refractivity contribution < 1.29 is 9.53 Å². The summed E-state index contributed by atoms with van der Waals surface area (Å²) in [5, 5.41) is 4.03. The highest BCUT2D eigenvalue weighted by molar-refractivity contribution is 9.10. The molecule has 0 aliphatic heterocycles. The van der Waals surface area contributed by atoms with Crippen molar-refractivity contribution in [2.24, 2.45) is 0 Å². The molecule has 14 heavy (non-hydrogen) atoms. The molecule has 2 aromatic heterocycles. The minimum atomic E-state index is 0.555. The van der Waals surface area contributed by atoms with Crippen LogP contribution in [0.25, 0.3) is 5.52 Å². The molecule has 2 aromatic rings. The van der Waals surface area contributed by atoms with Crippen LogP contribution in [0.1, 0.15) is 10.4 Å². The van der Waals surface area contributed by atoms with E-state index < -0.39 is 0 Å². The predicted octanol–water partition coefficient (Wildman–Crippen LogP) is 1.92. The van der Waals surface area contributed by atoms with Crippen LogP contribution in [-0.4, -0.2) is 23.0 Å². The van der Waals surface area contributed by atoms with Gasteiger partial charge in [-0.3, -0.25) is 4.79 Å². The Kier molecular flexibility index (Phi) is 2.25. The fourth-order valence-electron chi connectivity index (χ4n) is 1.27. The van der Waals surface area contributed by atoms with Crippen LogP contribution < -0.4 is 4.74 Å². The highest BCUT2D eigenvalue weighted by Gasteiger charge is 2.08. The van der Waals surface area contributed by atoms with E-state index in [1.54, 1.807) is 23.9 Å². The van der Waals surface area contributed by atoms with Gasteiger partial charge in [-0.25, -0.2) is 4.52 Å². The van der Waals surface area contributed by atoms with Crippen LogP contribution in [0.3, 0.4) is 0 Å². The quantitative estimate of drug-likeness (QED) is 0.770. The Hall–Kier alpha value is -1.36. The van der Waals surface area contributed by atoms with Gasteiger partial charge in [0.2, 0.25) is 0 Å². The van der Waals surface area contributed by atoms with Gasteiger partial charge in [-0.15, -0.1) is 0 Å². The maximum Gasteiger partial charge on any atom is 0.153 e. The molecule has 2 heterocycles. The molecule has 0 amide bonds. The number of fused-ring (bicyclic) bond motifs is 1. The molecule has 4 nitrogen and oxygen atoms in total. The third-order valence-corrected chi connectivity index (χ3v) is 2.54. The standard InChI is InChI=1S/C9H7BrN2O2/c1-14-7-2-8(10)9-6(5-13)3-11-12(9)4-7/h2-5H,1H3. The number of carbonyl (C=O) groups excluding carboxylic acids is 1. The summed E-state index contributed by atoms with van der Waals surface area (Å²) in [6.45, 7) is 0. The van der Waals surface area contributed by atoms with Gasteiger partial charge in [-0.2, -0.15) is 5.10 Å². The lowest BCUT2D eigenvalue weighted by Crippen LogP contribution is -1.91. The number of hydrogen-bond acceptors (Lipinski definition) is 3. The lowest BCUT2D eigenvalue weighted by Gasteiger charge is -2.02. The van der Waals surface area contributed by atoms with Gasteiger partial charge in [-0.05, 0) is 22.0 Å². The van der Waals surface area contributed by atoms with E-state index in [9.17, 15) is 4.79 Å². The smallest absolute Gasteiger partial charge is 0.153 e. The van der Waals surface area contributed by atoms with Crippen molar-refractivity contribution in [1.82, 2.24) is 9.61 Å². The van der Waals surface area contributed by atoms with Crippen LogP contribution in [0, 0.1) is 0 Å². The van der Waals surface area contributed by atoms with Crippen molar-refractivity contribution in [3.05, 3.63) is 28.5 Å². The van der Waals surface area contributed by atoms with Gasteiger partial charge >= 0.3 is 0 Å². The van der Waals surface area contributed by atoms with Crippen molar-refractivity contribution in [1.29, 1.82) is 0 Å².